The van der Waals surface area contributed by atoms with Gasteiger partial charge < -0.3 is 4.42 Å². The number of hydrogen-bond donors (Lipinski definition) is 0. The van der Waals surface area contributed by atoms with E-state index in [2.05, 4.69) is 132 Å². The summed E-state index contributed by atoms with van der Waals surface area (Å²) >= 11 is 1.81. The standard InChI is InChI=1S/C47H26N4OS/c1-2-11-29-26-38-35(24-28(29)10-1)32-16-7-12-27-13-8-18-37(43(27)32)51(38)47-49-45(30-22-23-42-36(25-30)31-14-4-6-21-41(31)53-42)48-46(50-47)34-17-9-20-40-44(34)33-15-3-5-19-39(33)52-40/h1-26H. The third kappa shape index (κ3) is 4.21. The average Bonchev–Trinajstić information content (AvgIpc) is 3.78. The first-order valence-corrected chi connectivity index (χ1v) is 18.5. The zero-order valence-electron chi connectivity index (χ0n) is 28.1. The van der Waals surface area contributed by atoms with Gasteiger partial charge in [-0.1, -0.05) is 103 Å². The van der Waals surface area contributed by atoms with E-state index in [1.165, 1.54) is 41.9 Å². The molecule has 6 heteroatoms. The van der Waals surface area contributed by atoms with Crippen molar-refractivity contribution in [2.45, 2.75) is 0 Å². The van der Waals surface area contributed by atoms with Gasteiger partial charge in [0, 0.05) is 53.0 Å². The Bertz CT molecular complexity index is 3320. The molecule has 0 fully saturated rings. The van der Waals surface area contributed by atoms with Crippen molar-refractivity contribution in [3.8, 4) is 33.9 Å². The third-order valence-corrected chi connectivity index (χ3v) is 11.8. The molecule has 1 aliphatic heterocycles. The van der Waals surface area contributed by atoms with Crippen molar-refractivity contribution < 1.29 is 4.42 Å². The van der Waals surface area contributed by atoms with E-state index in [1.54, 1.807) is 11.3 Å². The Hall–Kier alpha value is -6.89. The first-order chi connectivity index (χ1) is 26.2. The second kappa shape index (κ2) is 10.8. The van der Waals surface area contributed by atoms with Crippen LogP contribution in [-0.2, 0) is 0 Å². The van der Waals surface area contributed by atoms with Crippen LogP contribution in [0, 0.1) is 0 Å². The summed E-state index contributed by atoms with van der Waals surface area (Å²) in [5.74, 6) is 1.76. The van der Waals surface area contributed by atoms with Crippen molar-refractivity contribution in [2.75, 3.05) is 4.90 Å². The SMILES string of the molecule is c1ccc2cc3c(cc2c1)-c1cccc2cccc(c12)N3c1nc(-c2ccc3sc4ccccc4c3c2)nc(-c2cccc3oc4ccccc4c23)n1. The van der Waals surface area contributed by atoms with Crippen LogP contribution in [-0.4, -0.2) is 15.0 Å². The Morgan fingerprint density at radius 1 is 0.434 bits per heavy atom. The van der Waals surface area contributed by atoms with E-state index in [4.69, 9.17) is 19.4 Å². The minimum Gasteiger partial charge on any atom is -0.456 e. The van der Waals surface area contributed by atoms with Crippen LogP contribution < -0.4 is 4.90 Å². The summed E-state index contributed by atoms with van der Waals surface area (Å²) in [6.07, 6.45) is 0. The van der Waals surface area contributed by atoms with Crippen LogP contribution in [0.1, 0.15) is 0 Å². The molecule has 4 heterocycles. The number of anilines is 3. The highest BCUT2D eigenvalue weighted by Crippen LogP contribution is 2.51. The Labute approximate surface area is 307 Å². The Balaban J connectivity index is 1.18. The minimum absolute atomic E-state index is 0.559. The van der Waals surface area contributed by atoms with Crippen LogP contribution in [0.3, 0.4) is 0 Å². The number of furan rings is 1. The number of nitrogens with zero attached hydrogens (tertiary/aromatic N) is 4. The predicted octanol–water partition coefficient (Wildman–Crippen LogP) is 13.2. The fraction of sp³-hybridized carbons (Fsp3) is 0. The normalized spacial score (nSPS) is 12.5. The van der Waals surface area contributed by atoms with Gasteiger partial charge in [-0.25, -0.2) is 4.98 Å². The zero-order valence-corrected chi connectivity index (χ0v) is 28.9. The molecule has 0 aliphatic carbocycles. The lowest BCUT2D eigenvalue weighted by Gasteiger charge is -2.32. The lowest BCUT2D eigenvalue weighted by atomic mass is 9.90. The topological polar surface area (TPSA) is 55.1 Å². The molecule has 53 heavy (non-hydrogen) atoms. The Kier molecular flexibility index (Phi) is 5.87. The van der Waals surface area contributed by atoms with E-state index < -0.39 is 0 Å². The van der Waals surface area contributed by atoms with E-state index in [0.29, 0.717) is 17.6 Å². The number of benzene rings is 8. The number of thiophene rings is 1. The molecule has 0 unspecified atom stereocenters. The van der Waals surface area contributed by atoms with Crippen molar-refractivity contribution >= 4 is 92.3 Å². The van der Waals surface area contributed by atoms with Gasteiger partial charge in [0.05, 0.1) is 11.4 Å². The largest absolute Gasteiger partial charge is 0.456 e. The molecule has 0 spiro atoms. The predicted molar refractivity (Wildman–Crippen MR) is 220 cm³/mol. The summed E-state index contributed by atoms with van der Waals surface area (Å²) in [5, 5.41) is 9.14. The van der Waals surface area contributed by atoms with Crippen molar-refractivity contribution in [1.82, 2.24) is 15.0 Å². The molecular weight excluding hydrogens is 669 g/mol. The summed E-state index contributed by atoms with van der Waals surface area (Å²) in [6.45, 7) is 0. The van der Waals surface area contributed by atoms with Crippen molar-refractivity contribution in [3.63, 3.8) is 0 Å². The molecule has 0 amide bonds. The maximum absolute atomic E-state index is 6.34. The van der Waals surface area contributed by atoms with Crippen molar-refractivity contribution in [2.24, 2.45) is 0 Å². The molecular formula is C47H26N4OS. The number of hydrogen-bond acceptors (Lipinski definition) is 6. The van der Waals surface area contributed by atoms with E-state index >= 15 is 0 Å². The average molecular weight is 695 g/mol. The van der Waals surface area contributed by atoms with Crippen LogP contribution in [0.25, 0.3) is 97.6 Å². The van der Waals surface area contributed by atoms with Gasteiger partial charge in [0.1, 0.15) is 11.2 Å². The van der Waals surface area contributed by atoms with Gasteiger partial charge in [-0.3, -0.25) is 4.90 Å². The molecule has 0 saturated carbocycles. The number of para-hydroxylation sites is 1. The van der Waals surface area contributed by atoms with Gasteiger partial charge in [-0.05, 0) is 76.3 Å². The molecule has 1 aliphatic rings. The van der Waals surface area contributed by atoms with Gasteiger partial charge in [0.2, 0.25) is 5.95 Å². The van der Waals surface area contributed by atoms with Gasteiger partial charge in [-0.15, -0.1) is 11.3 Å². The zero-order chi connectivity index (χ0) is 34.6. The molecule has 0 bridgehead atoms. The number of fused-ring (bicyclic) bond motifs is 9. The van der Waals surface area contributed by atoms with E-state index in [-0.39, 0.29) is 0 Å². The lowest BCUT2D eigenvalue weighted by Crippen LogP contribution is -2.19. The summed E-state index contributed by atoms with van der Waals surface area (Å²) in [6, 6.07) is 55.6. The molecule has 246 valence electrons. The minimum atomic E-state index is 0.559. The molecule has 0 saturated heterocycles. The fourth-order valence-corrected chi connectivity index (χ4v) is 9.33. The summed E-state index contributed by atoms with van der Waals surface area (Å²) in [5.41, 5.74) is 7.88. The first-order valence-electron chi connectivity index (χ1n) is 17.7. The first kappa shape index (κ1) is 28.8. The van der Waals surface area contributed by atoms with Gasteiger partial charge in [0.25, 0.3) is 0 Å². The van der Waals surface area contributed by atoms with Crippen LogP contribution in [0.2, 0.25) is 0 Å². The summed E-state index contributed by atoms with van der Waals surface area (Å²) < 4.78 is 8.84. The van der Waals surface area contributed by atoms with Crippen molar-refractivity contribution in [1.29, 1.82) is 0 Å². The molecule has 0 atom stereocenters. The molecule has 5 nitrogen and oxygen atoms in total. The molecule has 3 aromatic heterocycles. The maximum atomic E-state index is 6.34. The lowest BCUT2D eigenvalue weighted by molar-refractivity contribution is 0.669. The highest BCUT2D eigenvalue weighted by Gasteiger charge is 2.29. The second-order valence-corrected chi connectivity index (χ2v) is 14.7. The van der Waals surface area contributed by atoms with Crippen LogP contribution in [0.15, 0.2) is 162 Å². The number of aromatic nitrogens is 3. The van der Waals surface area contributed by atoms with Gasteiger partial charge in [0.15, 0.2) is 11.6 Å². The maximum Gasteiger partial charge on any atom is 0.238 e. The van der Waals surface area contributed by atoms with Crippen LogP contribution in [0.5, 0.6) is 0 Å². The van der Waals surface area contributed by atoms with Crippen LogP contribution >= 0.6 is 11.3 Å². The number of rotatable bonds is 3. The summed E-state index contributed by atoms with van der Waals surface area (Å²) in [7, 11) is 0. The van der Waals surface area contributed by atoms with E-state index in [0.717, 1.165) is 55.4 Å². The molecule has 0 N–H and O–H groups in total. The van der Waals surface area contributed by atoms with Gasteiger partial charge in [-0.2, -0.15) is 9.97 Å². The van der Waals surface area contributed by atoms with Crippen molar-refractivity contribution in [3.05, 3.63) is 158 Å². The van der Waals surface area contributed by atoms with Crippen LogP contribution in [0.4, 0.5) is 17.3 Å². The van der Waals surface area contributed by atoms with Gasteiger partial charge >= 0.3 is 0 Å². The quantitative estimate of drug-likeness (QED) is 0.184. The second-order valence-electron chi connectivity index (χ2n) is 13.6. The summed E-state index contributed by atoms with van der Waals surface area (Å²) in [4.78, 5) is 18.3. The molecule has 11 aromatic rings. The highest BCUT2D eigenvalue weighted by atomic mass is 32.1. The molecule has 8 aromatic carbocycles. The monoisotopic (exact) mass is 694 g/mol. The Morgan fingerprint density at radius 3 is 2.06 bits per heavy atom. The highest BCUT2D eigenvalue weighted by molar-refractivity contribution is 7.25. The fourth-order valence-electron chi connectivity index (χ4n) is 8.25. The van der Waals surface area contributed by atoms with E-state index in [1.807, 2.05) is 30.3 Å². The molecule has 12 rings (SSSR count). The molecule has 0 radical (unpaired) electrons. The third-order valence-electron chi connectivity index (χ3n) is 10.6. The Morgan fingerprint density at radius 2 is 1.13 bits per heavy atom. The van der Waals surface area contributed by atoms with E-state index in [9.17, 15) is 0 Å². The smallest absolute Gasteiger partial charge is 0.238 e.